The van der Waals surface area contributed by atoms with Crippen LogP contribution in [0.1, 0.15) is 5.82 Å². The van der Waals surface area contributed by atoms with Crippen molar-refractivity contribution < 1.29 is 0 Å². The molecule has 106 valence electrons. The van der Waals surface area contributed by atoms with Gasteiger partial charge < -0.3 is 0 Å². The van der Waals surface area contributed by atoms with E-state index < -0.39 is 0 Å². The van der Waals surface area contributed by atoms with Crippen LogP contribution in [0.3, 0.4) is 0 Å². The zero-order valence-electron chi connectivity index (χ0n) is 12.1. The molecule has 0 atom stereocenters. The summed E-state index contributed by atoms with van der Waals surface area (Å²) in [7, 11) is 0. The maximum absolute atomic E-state index is 4.04. The average molecular weight is 286 g/mol. The molecule has 0 unspecified atom stereocenters. The Kier molecular flexibility index (Phi) is 2.93. The van der Waals surface area contributed by atoms with E-state index in [0.717, 1.165) is 17.1 Å². The van der Waals surface area contributed by atoms with Crippen LogP contribution in [0, 0.1) is 6.92 Å². The summed E-state index contributed by atoms with van der Waals surface area (Å²) in [5.41, 5.74) is 3.34. The molecule has 1 heterocycles. The number of benzene rings is 3. The minimum absolute atomic E-state index is 0.773. The van der Waals surface area contributed by atoms with Gasteiger partial charge in [0, 0.05) is 0 Å². The van der Waals surface area contributed by atoms with Crippen molar-refractivity contribution in [2.45, 2.75) is 6.92 Å². The lowest BCUT2D eigenvalue weighted by Gasteiger charge is -2.09. The van der Waals surface area contributed by atoms with Crippen LogP contribution in [0.5, 0.6) is 0 Å². The highest BCUT2D eigenvalue weighted by atomic mass is 15.5. The third-order valence-electron chi connectivity index (χ3n) is 3.82. The van der Waals surface area contributed by atoms with E-state index in [4.69, 9.17) is 0 Å². The lowest BCUT2D eigenvalue weighted by Crippen LogP contribution is -1.99. The molecule has 4 aromatic rings. The molecule has 0 aliphatic heterocycles. The van der Waals surface area contributed by atoms with Crippen LogP contribution in [0.2, 0.25) is 0 Å². The van der Waals surface area contributed by atoms with Crippen molar-refractivity contribution in [3.63, 3.8) is 0 Å². The molecule has 3 aromatic carbocycles. The van der Waals surface area contributed by atoms with E-state index in [9.17, 15) is 0 Å². The first-order valence-corrected chi connectivity index (χ1v) is 7.16. The molecule has 0 bridgehead atoms. The molecular formula is C18H14N4. The van der Waals surface area contributed by atoms with Gasteiger partial charge in [0.25, 0.3) is 0 Å². The minimum Gasteiger partial charge on any atom is -0.198 e. The highest BCUT2D eigenvalue weighted by Crippen LogP contribution is 2.29. The topological polar surface area (TPSA) is 43.6 Å². The number of hydrogen-bond acceptors (Lipinski definition) is 3. The van der Waals surface area contributed by atoms with Gasteiger partial charge in [0.05, 0.1) is 5.69 Å². The van der Waals surface area contributed by atoms with Crippen LogP contribution in [0.15, 0.2) is 66.7 Å². The third kappa shape index (κ3) is 2.05. The van der Waals surface area contributed by atoms with Crippen LogP contribution in [0.25, 0.3) is 27.6 Å². The monoisotopic (exact) mass is 286 g/mol. The van der Waals surface area contributed by atoms with Crippen molar-refractivity contribution in [2.24, 2.45) is 0 Å². The predicted octanol–water partition coefficient (Wildman–Crippen LogP) is 3.79. The summed E-state index contributed by atoms with van der Waals surface area (Å²) in [5.74, 6) is 0.773. The number of tetrazole rings is 1. The van der Waals surface area contributed by atoms with Crippen LogP contribution in [0.4, 0.5) is 0 Å². The number of hydrogen-bond donors (Lipinski definition) is 0. The number of aromatic nitrogens is 4. The molecule has 4 heteroatoms. The predicted molar refractivity (Wildman–Crippen MR) is 86.8 cm³/mol. The van der Waals surface area contributed by atoms with Gasteiger partial charge in [0.2, 0.25) is 0 Å². The van der Waals surface area contributed by atoms with Gasteiger partial charge in [-0.15, -0.1) is 5.10 Å². The molecule has 0 saturated carbocycles. The molecule has 0 N–H and O–H groups in total. The van der Waals surface area contributed by atoms with Gasteiger partial charge >= 0.3 is 0 Å². The van der Waals surface area contributed by atoms with Crippen molar-refractivity contribution >= 4 is 10.8 Å². The molecule has 0 aliphatic carbocycles. The summed E-state index contributed by atoms with van der Waals surface area (Å²) < 4.78 is 1.74. The molecule has 0 aliphatic rings. The number of aryl methyl sites for hydroxylation is 1. The number of rotatable bonds is 2. The molecule has 0 radical (unpaired) electrons. The second kappa shape index (κ2) is 5.07. The molecule has 0 amide bonds. The zero-order chi connectivity index (χ0) is 14.9. The van der Waals surface area contributed by atoms with E-state index in [1.807, 2.05) is 19.1 Å². The molecule has 0 spiro atoms. The standard InChI is InChI=1S/C18H14N4/c1-13-19-20-21-22(13)16-9-4-8-15(12-16)18-11-5-7-14-6-2-3-10-17(14)18/h2-12H,1H3. The molecule has 0 fully saturated rings. The Labute approximate surface area is 128 Å². The maximum Gasteiger partial charge on any atom is 0.153 e. The Morgan fingerprint density at radius 1 is 0.864 bits per heavy atom. The first-order chi connectivity index (χ1) is 10.8. The highest BCUT2D eigenvalue weighted by molar-refractivity contribution is 5.96. The Morgan fingerprint density at radius 3 is 2.55 bits per heavy atom. The molecule has 0 saturated heterocycles. The number of fused-ring (bicyclic) bond motifs is 1. The molecule has 4 rings (SSSR count). The van der Waals surface area contributed by atoms with Gasteiger partial charge in [-0.25, -0.2) is 0 Å². The second-order valence-electron chi connectivity index (χ2n) is 5.21. The SMILES string of the molecule is Cc1nnnn1-c1cccc(-c2cccc3ccccc23)c1. The van der Waals surface area contributed by atoms with Crippen molar-refractivity contribution in [2.75, 3.05) is 0 Å². The smallest absolute Gasteiger partial charge is 0.153 e. The van der Waals surface area contributed by atoms with Gasteiger partial charge in [-0.1, -0.05) is 54.6 Å². The zero-order valence-corrected chi connectivity index (χ0v) is 12.1. The van der Waals surface area contributed by atoms with Gasteiger partial charge in [-0.05, 0) is 51.4 Å². The summed E-state index contributed by atoms with van der Waals surface area (Å²) in [6.07, 6.45) is 0. The first-order valence-electron chi connectivity index (χ1n) is 7.16. The Hall–Kier alpha value is -3.01. The van der Waals surface area contributed by atoms with Crippen LogP contribution in [-0.4, -0.2) is 20.2 Å². The van der Waals surface area contributed by atoms with E-state index in [2.05, 4.69) is 70.1 Å². The highest BCUT2D eigenvalue weighted by Gasteiger charge is 2.07. The van der Waals surface area contributed by atoms with E-state index in [1.54, 1.807) is 4.68 Å². The minimum atomic E-state index is 0.773. The quantitative estimate of drug-likeness (QED) is 0.563. The fourth-order valence-electron chi connectivity index (χ4n) is 2.75. The summed E-state index contributed by atoms with van der Waals surface area (Å²) in [4.78, 5) is 0. The van der Waals surface area contributed by atoms with Crippen molar-refractivity contribution in [1.29, 1.82) is 0 Å². The van der Waals surface area contributed by atoms with Crippen LogP contribution < -0.4 is 0 Å². The molecule has 1 aromatic heterocycles. The fraction of sp³-hybridized carbons (Fsp3) is 0.0556. The lowest BCUT2D eigenvalue weighted by molar-refractivity contribution is 0.779. The first kappa shape index (κ1) is 12.7. The van der Waals surface area contributed by atoms with Crippen molar-refractivity contribution in [3.05, 3.63) is 72.6 Å². The Morgan fingerprint density at radius 2 is 1.68 bits per heavy atom. The van der Waals surface area contributed by atoms with E-state index in [-0.39, 0.29) is 0 Å². The van der Waals surface area contributed by atoms with Crippen molar-refractivity contribution in [1.82, 2.24) is 20.2 Å². The van der Waals surface area contributed by atoms with Gasteiger partial charge in [-0.2, -0.15) is 4.68 Å². The van der Waals surface area contributed by atoms with Gasteiger partial charge in [0.1, 0.15) is 0 Å². The van der Waals surface area contributed by atoms with Crippen LogP contribution in [-0.2, 0) is 0 Å². The molecule has 4 nitrogen and oxygen atoms in total. The summed E-state index contributed by atoms with van der Waals surface area (Å²) in [5, 5.41) is 14.2. The largest absolute Gasteiger partial charge is 0.198 e. The maximum atomic E-state index is 4.04. The third-order valence-corrected chi connectivity index (χ3v) is 3.82. The average Bonchev–Trinajstić information content (AvgIpc) is 3.00. The molecule has 22 heavy (non-hydrogen) atoms. The summed E-state index contributed by atoms with van der Waals surface area (Å²) in [6.45, 7) is 1.89. The summed E-state index contributed by atoms with van der Waals surface area (Å²) >= 11 is 0. The van der Waals surface area contributed by atoms with E-state index in [0.29, 0.717) is 0 Å². The van der Waals surface area contributed by atoms with Crippen molar-refractivity contribution in [3.8, 4) is 16.8 Å². The van der Waals surface area contributed by atoms with Crippen LogP contribution >= 0.6 is 0 Å². The normalized spacial score (nSPS) is 11.0. The molecular weight excluding hydrogens is 272 g/mol. The van der Waals surface area contributed by atoms with E-state index in [1.165, 1.54) is 16.3 Å². The summed E-state index contributed by atoms with van der Waals surface area (Å²) in [6, 6.07) is 23.1. The fourth-order valence-corrected chi connectivity index (χ4v) is 2.75. The Bertz CT molecular complexity index is 951. The Balaban J connectivity index is 1.91. The second-order valence-corrected chi connectivity index (χ2v) is 5.21. The number of nitrogens with zero attached hydrogens (tertiary/aromatic N) is 4. The van der Waals surface area contributed by atoms with Gasteiger partial charge in [-0.3, -0.25) is 0 Å². The van der Waals surface area contributed by atoms with Gasteiger partial charge in [0.15, 0.2) is 5.82 Å². The lowest BCUT2D eigenvalue weighted by atomic mass is 9.98. The van der Waals surface area contributed by atoms with E-state index >= 15 is 0 Å².